The van der Waals surface area contributed by atoms with E-state index in [-0.39, 0.29) is 24.8 Å². The summed E-state index contributed by atoms with van der Waals surface area (Å²) < 4.78 is 11.1. The van der Waals surface area contributed by atoms with E-state index in [1.807, 2.05) is 77.1 Å². The normalized spacial score (nSPS) is 16.2. The van der Waals surface area contributed by atoms with Crippen molar-refractivity contribution in [1.29, 1.82) is 0 Å². The van der Waals surface area contributed by atoms with Crippen molar-refractivity contribution in [3.05, 3.63) is 59.8 Å². The standard InChI is InChI=1S/C25H33N3O4/c1-18(2)28(24(30)32-25(3,4)5)22-14-13-20(16-26-22)21-12-9-15-27(21)23(29)31-17-19-10-7-6-8-11-19/h6-8,10-11,13-14,16,18,21H,9,12,15,17H2,1-5H3. The van der Waals surface area contributed by atoms with Gasteiger partial charge in [0, 0.05) is 18.8 Å². The Balaban J connectivity index is 1.69. The number of likely N-dealkylation sites (tertiary alicyclic amines) is 1. The number of hydrogen-bond donors (Lipinski definition) is 0. The molecule has 1 aliphatic rings. The molecule has 0 bridgehead atoms. The van der Waals surface area contributed by atoms with Crippen LogP contribution in [-0.2, 0) is 16.1 Å². The maximum absolute atomic E-state index is 12.7. The van der Waals surface area contributed by atoms with Crippen LogP contribution in [0, 0.1) is 0 Å². The molecule has 3 rings (SSSR count). The number of hydrogen-bond acceptors (Lipinski definition) is 5. The van der Waals surface area contributed by atoms with Gasteiger partial charge in [0.1, 0.15) is 18.0 Å². The fraction of sp³-hybridized carbons (Fsp3) is 0.480. The molecule has 32 heavy (non-hydrogen) atoms. The fourth-order valence-electron chi connectivity index (χ4n) is 3.75. The van der Waals surface area contributed by atoms with Crippen LogP contribution in [0.2, 0.25) is 0 Å². The maximum atomic E-state index is 12.7. The Hall–Kier alpha value is -3.09. The number of rotatable bonds is 5. The summed E-state index contributed by atoms with van der Waals surface area (Å²) in [5.41, 5.74) is 1.29. The van der Waals surface area contributed by atoms with E-state index in [4.69, 9.17) is 9.47 Å². The van der Waals surface area contributed by atoms with Gasteiger partial charge in [-0.15, -0.1) is 0 Å². The molecule has 1 aromatic carbocycles. The molecule has 7 nitrogen and oxygen atoms in total. The van der Waals surface area contributed by atoms with Gasteiger partial charge in [-0.1, -0.05) is 36.4 Å². The van der Waals surface area contributed by atoms with E-state index < -0.39 is 11.7 Å². The van der Waals surface area contributed by atoms with E-state index >= 15 is 0 Å². The molecule has 1 fully saturated rings. The number of benzene rings is 1. The average molecular weight is 440 g/mol. The van der Waals surface area contributed by atoms with Crippen molar-refractivity contribution >= 4 is 18.0 Å². The summed E-state index contributed by atoms with van der Waals surface area (Å²) in [7, 11) is 0. The highest BCUT2D eigenvalue weighted by Gasteiger charge is 2.32. The van der Waals surface area contributed by atoms with E-state index in [1.165, 1.54) is 4.90 Å². The van der Waals surface area contributed by atoms with Crippen molar-refractivity contribution in [3.63, 3.8) is 0 Å². The first-order valence-electron chi connectivity index (χ1n) is 11.1. The van der Waals surface area contributed by atoms with Crippen LogP contribution in [0.15, 0.2) is 48.7 Å². The summed E-state index contributed by atoms with van der Waals surface area (Å²) >= 11 is 0. The minimum Gasteiger partial charge on any atom is -0.445 e. The molecule has 1 unspecified atom stereocenters. The Kier molecular flexibility index (Phi) is 7.38. The van der Waals surface area contributed by atoms with Crippen LogP contribution in [0.25, 0.3) is 0 Å². The lowest BCUT2D eigenvalue weighted by Crippen LogP contribution is -2.41. The number of carbonyl (C=O) groups excluding carboxylic acids is 2. The quantitative estimate of drug-likeness (QED) is 0.597. The van der Waals surface area contributed by atoms with E-state index in [1.54, 1.807) is 11.1 Å². The number of anilines is 1. The molecule has 0 aliphatic carbocycles. The lowest BCUT2D eigenvalue weighted by molar-refractivity contribution is 0.0569. The average Bonchev–Trinajstić information content (AvgIpc) is 3.22. The molecular formula is C25H33N3O4. The third-order valence-electron chi connectivity index (χ3n) is 5.20. The smallest absolute Gasteiger partial charge is 0.416 e. The van der Waals surface area contributed by atoms with Crippen molar-refractivity contribution in [3.8, 4) is 0 Å². The number of nitrogens with zero attached hydrogens (tertiary/aromatic N) is 3. The molecular weight excluding hydrogens is 406 g/mol. The van der Waals surface area contributed by atoms with E-state index in [9.17, 15) is 9.59 Å². The molecule has 7 heteroatoms. The number of aromatic nitrogens is 1. The summed E-state index contributed by atoms with van der Waals surface area (Å²) in [5, 5.41) is 0. The first kappa shape index (κ1) is 23.6. The van der Waals surface area contributed by atoms with Crippen LogP contribution in [0.3, 0.4) is 0 Å². The van der Waals surface area contributed by atoms with Crippen LogP contribution in [0.4, 0.5) is 15.4 Å². The predicted molar refractivity (Wildman–Crippen MR) is 123 cm³/mol. The van der Waals surface area contributed by atoms with Crippen molar-refractivity contribution in [2.45, 2.75) is 71.8 Å². The monoisotopic (exact) mass is 439 g/mol. The fourth-order valence-corrected chi connectivity index (χ4v) is 3.75. The summed E-state index contributed by atoms with van der Waals surface area (Å²) in [6.07, 6.45) is 2.74. The Morgan fingerprint density at radius 1 is 1.16 bits per heavy atom. The van der Waals surface area contributed by atoms with Gasteiger partial charge in [0.05, 0.1) is 6.04 Å². The van der Waals surface area contributed by atoms with Crippen molar-refractivity contribution in [2.75, 3.05) is 11.4 Å². The van der Waals surface area contributed by atoms with Crippen LogP contribution in [0.1, 0.15) is 64.6 Å². The third kappa shape index (κ3) is 5.99. The molecule has 0 radical (unpaired) electrons. The Labute approximate surface area is 190 Å². The zero-order chi connectivity index (χ0) is 23.3. The zero-order valence-corrected chi connectivity index (χ0v) is 19.6. The first-order chi connectivity index (χ1) is 15.2. The van der Waals surface area contributed by atoms with Crippen LogP contribution in [-0.4, -0.2) is 40.3 Å². The van der Waals surface area contributed by atoms with Gasteiger partial charge in [-0.25, -0.2) is 14.6 Å². The second-order valence-corrected chi connectivity index (χ2v) is 9.29. The summed E-state index contributed by atoms with van der Waals surface area (Å²) in [6.45, 7) is 10.2. The highest BCUT2D eigenvalue weighted by atomic mass is 16.6. The van der Waals surface area contributed by atoms with Crippen molar-refractivity contribution in [2.24, 2.45) is 0 Å². The molecule has 0 saturated carbocycles. The van der Waals surface area contributed by atoms with Crippen LogP contribution >= 0.6 is 0 Å². The molecule has 1 aromatic heterocycles. The molecule has 2 heterocycles. The highest BCUT2D eigenvalue weighted by molar-refractivity contribution is 5.87. The molecule has 1 atom stereocenters. The third-order valence-corrected chi connectivity index (χ3v) is 5.20. The second-order valence-electron chi connectivity index (χ2n) is 9.29. The van der Waals surface area contributed by atoms with E-state index in [2.05, 4.69) is 4.98 Å². The number of carbonyl (C=O) groups is 2. The van der Waals surface area contributed by atoms with Crippen LogP contribution in [0.5, 0.6) is 0 Å². The van der Waals surface area contributed by atoms with Gasteiger partial charge in [0.2, 0.25) is 0 Å². The lowest BCUT2D eigenvalue weighted by Gasteiger charge is -2.30. The molecule has 2 aromatic rings. The molecule has 0 N–H and O–H groups in total. The second kappa shape index (κ2) is 10.0. The minimum absolute atomic E-state index is 0.0890. The van der Waals surface area contributed by atoms with Gasteiger partial charge in [0.15, 0.2) is 0 Å². The predicted octanol–water partition coefficient (Wildman–Crippen LogP) is 5.71. The van der Waals surface area contributed by atoms with Gasteiger partial charge >= 0.3 is 12.2 Å². The van der Waals surface area contributed by atoms with Gasteiger partial charge in [-0.05, 0) is 64.7 Å². The SMILES string of the molecule is CC(C)N(C(=O)OC(C)(C)C)c1ccc(C2CCCN2C(=O)OCc2ccccc2)cn1. The number of pyridine rings is 1. The number of amides is 2. The van der Waals surface area contributed by atoms with E-state index in [0.717, 1.165) is 24.0 Å². The number of ether oxygens (including phenoxy) is 2. The Bertz CT molecular complexity index is 907. The first-order valence-corrected chi connectivity index (χ1v) is 11.1. The molecule has 2 amide bonds. The van der Waals surface area contributed by atoms with Crippen molar-refractivity contribution in [1.82, 2.24) is 9.88 Å². The summed E-state index contributed by atoms with van der Waals surface area (Å²) in [4.78, 5) is 33.2. The topological polar surface area (TPSA) is 72.0 Å². The van der Waals surface area contributed by atoms with E-state index in [0.29, 0.717) is 12.4 Å². The summed E-state index contributed by atoms with van der Waals surface area (Å²) in [5.74, 6) is 0.522. The van der Waals surface area contributed by atoms with Gasteiger partial charge < -0.3 is 14.4 Å². The molecule has 1 saturated heterocycles. The zero-order valence-electron chi connectivity index (χ0n) is 19.6. The molecule has 172 valence electrons. The van der Waals surface area contributed by atoms with Gasteiger partial charge in [-0.2, -0.15) is 0 Å². The van der Waals surface area contributed by atoms with Gasteiger partial charge in [0.25, 0.3) is 0 Å². The summed E-state index contributed by atoms with van der Waals surface area (Å²) in [6, 6.07) is 13.2. The lowest BCUT2D eigenvalue weighted by atomic mass is 10.1. The van der Waals surface area contributed by atoms with Crippen LogP contribution < -0.4 is 4.90 Å². The molecule has 0 spiro atoms. The largest absolute Gasteiger partial charge is 0.445 e. The maximum Gasteiger partial charge on any atom is 0.416 e. The molecule has 1 aliphatic heterocycles. The van der Waals surface area contributed by atoms with Gasteiger partial charge in [-0.3, -0.25) is 4.90 Å². The van der Waals surface area contributed by atoms with Crippen molar-refractivity contribution < 1.29 is 19.1 Å². The minimum atomic E-state index is -0.589. The highest BCUT2D eigenvalue weighted by Crippen LogP contribution is 2.33. The Morgan fingerprint density at radius 2 is 1.88 bits per heavy atom. The Morgan fingerprint density at radius 3 is 2.47 bits per heavy atom.